The highest BCUT2D eigenvalue weighted by molar-refractivity contribution is 6.30. The summed E-state index contributed by atoms with van der Waals surface area (Å²) >= 11 is 5.93. The third-order valence-corrected chi connectivity index (χ3v) is 3.58. The average Bonchev–Trinajstić information content (AvgIpc) is 2.45. The van der Waals surface area contributed by atoms with Crippen molar-refractivity contribution in [3.8, 4) is 0 Å². The van der Waals surface area contributed by atoms with Crippen LogP contribution in [0.2, 0.25) is 5.02 Å². The van der Waals surface area contributed by atoms with Crippen LogP contribution in [-0.2, 0) is 0 Å². The monoisotopic (exact) mass is 291 g/mol. The van der Waals surface area contributed by atoms with Crippen molar-refractivity contribution in [3.63, 3.8) is 0 Å². The molecule has 1 unspecified atom stereocenters. The number of benzene rings is 2. The molecule has 2 aromatic rings. The van der Waals surface area contributed by atoms with Crippen molar-refractivity contribution in [1.29, 1.82) is 0 Å². The third kappa shape index (κ3) is 3.59. The van der Waals surface area contributed by atoms with Crippen molar-refractivity contribution in [2.75, 3.05) is 6.54 Å². The van der Waals surface area contributed by atoms with Crippen molar-refractivity contribution in [2.45, 2.75) is 26.3 Å². The minimum atomic E-state index is -0.167. The lowest BCUT2D eigenvalue weighted by atomic mass is 9.97. The van der Waals surface area contributed by atoms with Crippen LogP contribution in [0.15, 0.2) is 42.5 Å². The minimum Gasteiger partial charge on any atom is -0.306 e. The van der Waals surface area contributed by atoms with Gasteiger partial charge in [0, 0.05) is 5.02 Å². The molecule has 2 rings (SSSR count). The zero-order valence-electron chi connectivity index (χ0n) is 11.8. The summed E-state index contributed by atoms with van der Waals surface area (Å²) < 4.78 is 13.8. The van der Waals surface area contributed by atoms with Crippen molar-refractivity contribution < 1.29 is 4.39 Å². The minimum absolute atomic E-state index is 0.0117. The molecule has 0 heterocycles. The molecule has 0 saturated carbocycles. The van der Waals surface area contributed by atoms with Crippen LogP contribution in [0, 0.1) is 12.7 Å². The Kier molecular flexibility index (Phi) is 5.16. The van der Waals surface area contributed by atoms with Crippen molar-refractivity contribution in [2.24, 2.45) is 0 Å². The summed E-state index contributed by atoms with van der Waals surface area (Å²) in [5.41, 5.74) is 2.69. The van der Waals surface area contributed by atoms with Gasteiger partial charge in [-0.2, -0.15) is 0 Å². The van der Waals surface area contributed by atoms with Crippen LogP contribution in [0.25, 0.3) is 0 Å². The van der Waals surface area contributed by atoms with E-state index in [4.69, 9.17) is 11.6 Å². The van der Waals surface area contributed by atoms with Crippen LogP contribution in [0.5, 0.6) is 0 Å². The molecule has 106 valence electrons. The number of rotatable bonds is 5. The molecule has 1 nitrogen and oxygen atoms in total. The number of hydrogen-bond acceptors (Lipinski definition) is 1. The van der Waals surface area contributed by atoms with Gasteiger partial charge in [0.25, 0.3) is 0 Å². The van der Waals surface area contributed by atoms with Gasteiger partial charge in [-0.1, -0.05) is 42.8 Å². The first-order chi connectivity index (χ1) is 9.61. The summed E-state index contributed by atoms with van der Waals surface area (Å²) in [6, 6.07) is 13.1. The molecule has 0 aliphatic rings. The highest BCUT2D eigenvalue weighted by Gasteiger charge is 2.14. The van der Waals surface area contributed by atoms with E-state index in [1.165, 1.54) is 0 Å². The van der Waals surface area contributed by atoms with Gasteiger partial charge in [0.05, 0.1) is 6.04 Å². The Bertz CT molecular complexity index is 566. The second-order valence-corrected chi connectivity index (χ2v) is 5.38. The molecule has 0 amide bonds. The van der Waals surface area contributed by atoms with Crippen molar-refractivity contribution >= 4 is 11.6 Å². The zero-order valence-corrected chi connectivity index (χ0v) is 12.5. The van der Waals surface area contributed by atoms with E-state index in [1.807, 2.05) is 36.4 Å². The molecule has 1 atom stereocenters. The van der Waals surface area contributed by atoms with Gasteiger partial charge in [0.2, 0.25) is 0 Å². The van der Waals surface area contributed by atoms with Gasteiger partial charge in [-0.05, 0) is 54.8 Å². The Morgan fingerprint density at radius 3 is 2.35 bits per heavy atom. The molecule has 0 bridgehead atoms. The first-order valence-corrected chi connectivity index (χ1v) is 7.24. The van der Waals surface area contributed by atoms with Crippen LogP contribution in [0.1, 0.15) is 36.1 Å². The predicted molar refractivity (Wildman–Crippen MR) is 82.7 cm³/mol. The lowest BCUT2D eigenvalue weighted by Gasteiger charge is -2.20. The third-order valence-electron chi connectivity index (χ3n) is 3.33. The summed E-state index contributed by atoms with van der Waals surface area (Å²) in [5.74, 6) is -0.167. The maximum absolute atomic E-state index is 13.8. The Morgan fingerprint density at radius 1 is 1.10 bits per heavy atom. The normalized spacial score (nSPS) is 12.4. The van der Waals surface area contributed by atoms with E-state index in [2.05, 4.69) is 12.2 Å². The highest BCUT2D eigenvalue weighted by atomic mass is 35.5. The van der Waals surface area contributed by atoms with E-state index in [0.717, 1.165) is 24.1 Å². The fourth-order valence-corrected chi connectivity index (χ4v) is 2.29. The first-order valence-electron chi connectivity index (χ1n) is 6.86. The lowest BCUT2D eigenvalue weighted by Crippen LogP contribution is -2.23. The van der Waals surface area contributed by atoms with Crippen LogP contribution in [0.4, 0.5) is 4.39 Å². The van der Waals surface area contributed by atoms with E-state index in [1.54, 1.807) is 13.0 Å². The Morgan fingerprint density at radius 2 is 1.75 bits per heavy atom. The SMILES string of the molecule is CCCNC(c1ccc(Cl)cc1)c1ccc(C)c(F)c1. The van der Waals surface area contributed by atoms with E-state index in [-0.39, 0.29) is 11.9 Å². The van der Waals surface area contributed by atoms with Crippen molar-refractivity contribution in [1.82, 2.24) is 5.32 Å². The number of nitrogens with one attached hydrogen (secondary N) is 1. The topological polar surface area (TPSA) is 12.0 Å². The molecule has 0 aliphatic carbocycles. The van der Waals surface area contributed by atoms with E-state index in [0.29, 0.717) is 10.6 Å². The van der Waals surface area contributed by atoms with Gasteiger partial charge in [-0.25, -0.2) is 4.39 Å². The molecule has 0 aliphatic heterocycles. The largest absolute Gasteiger partial charge is 0.306 e. The molecular formula is C17H19ClFN. The second kappa shape index (κ2) is 6.87. The fraction of sp³-hybridized carbons (Fsp3) is 0.294. The van der Waals surface area contributed by atoms with E-state index in [9.17, 15) is 4.39 Å². The number of aryl methyl sites for hydroxylation is 1. The molecule has 20 heavy (non-hydrogen) atoms. The quantitative estimate of drug-likeness (QED) is 0.828. The molecule has 0 fully saturated rings. The fourth-order valence-electron chi connectivity index (χ4n) is 2.16. The molecule has 0 spiro atoms. The lowest BCUT2D eigenvalue weighted by molar-refractivity contribution is 0.582. The van der Waals surface area contributed by atoms with Gasteiger partial charge in [0.1, 0.15) is 5.82 Å². The van der Waals surface area contributed by atoms with E-state index < -0.39 is 0 Å². The van der Waals surface area contributed by atoms with Crippen LogP contribution >= 0.6 is 11.6 Å². The molecule has 2 aromatic carbocycles. The Labute approximate surface area is 124 Å². The maximum Gasteiger partial charge on any atom is 0.126 e. The smallest absolute Gasteiger partial charge is 0.126 e. The molecule has 0 saturated heterocycles. The van der Waals surface area contributed by atoms with Crippen LogP contribution in [0.3, 0.4) is 0 Å². The molecule has 0 radical (unpaired) electrons. The Hall–Kier alpha value is -1.38. The molecule has 0 aromatic heterocycles. The van der Waals surface area contributed by atoms with Crippen LogP contribution in [-0.4, -0.2) is 6.54 Å². The average molecular weight is 292 g/mol. The summed E-state index contributed by atoms with van der Waals surface area (Å²) in [7, 11) is 0. The van der Waals surface area contributed by atoms with Gasteiger partial charge < -0.3 is 5.32 Å². The van der Waals surface area contributed by atoms with Gasteiger partial charge in [0.15, 0.2) is 0 Å². The summed E-state index contributed by atoms with van der Waals surface area (Å²) in [6.07, 6.45) is 1.03. The van der Waals surface area contributed by atoms with Crippen molar-refractivity contribution in [3.05, 3.63) is 70.0 Å². The number of hydrogen-bond donors (Lipinski definition) is 1. The summed E-state index contributed by atoms with van der Waals surface area (Å²) in [4.78, 5) is 0. The molecular weight excluding hydrogens is 273 g/mol. The summed E-state index contributed by atoms with van der Waals surface area (Å²) in [6.45, 7) is 4.76. The van der Waals surface area contributed by atoms with E-state index >= 15 is 0 Å². The van der Waals surface area contributed by atoms with Gasteiger partial charge in [-0.15, -0.1) is 0 Å². The zero-order chi connectivity index (χ0) is 14.5. The second-order valence-electron chi connectivity index (χ2n) is 4.95. The van der Waals surface area contributed by atoms with Crippen LogP contribution < -0.4 is 5.32 Å². The summed E-state index contributed by atoms with van der Waals surface area (Å²) in [5, 5.41) is 4.16. The van der Waals surface area contributed by atoms with Gasteiger partial charge in [-0.3, -0.25) is 0 Å². The number of halogens is 2. The first kappa shape index (κ1) is 15.0. The highest BCUT2D eigenvalue weighted by Crippen LogP contribution is 2.25. The molecule has 1 N–H and O–H groups in total. The Balaban J connectivity index is 2.35. The predicted octanol–water partition coefficient (Wildman–Crippen LogP) is 4.88. The standard InChI is InChI=1S/C17H19ClFN/c1-3-10-20-17(13-6-8-15(18)9-7-13)14-5-4-12(2)16(19)11-14/h4-9,11,17,20H,3,10H2,1-2H3. The maximum atomic E-state index is 13.8. The van der Waals surface area contributed by atoms with Gasteiger partial charge >= 0.3 is 0 Å². The molecule has 3 heteroatoms.